The molecule has 3 heteroatoms. The van der Waals surface area contributed by atoms with Crippen LogP contribution in [0.5, 0.6) is 0 Å². The van der Waals surface area contributed by atoms with E-state index in [1.54, 1.807) is 0 Å². The first-order chi connectivity index (χ1) is 6.00. The van der Waals surface area contributed by atoms with Gasteiger partial charge in [-0.05, 0) is 31.9 Å². The van der Waals surface area contributed by atoms with Gasteiger partial charge in [0, 0.05) is 12.6 Å². The number of hydrogen-bond acceptors (Lipinski definition) is 2. The van der Waals surface area contributed by atoms with Gasteiger partial charge in [-0.25, -0.2) is 4.98 Å². The van der Waals surface area contributed by atoms with E-state index in [9.17, 15) is 4.79 Å². The number of nitrogens with one attached hydrogen (secondary N) is 1. The summed E-state index contributed by atoms with van der Waals surface area (Å²) in [6.45, 7) is 7.36. The fourth-order valence-corrected chi connectivity index (χ4v) is 1.13. The summed E-state index contributed by atoms with van der Waals surface area (Å²) in [6.07, 6.45) is 0. The number of nitrogens with zero attached hydrogens (tertiary/aromatic N) is 1. The van der Waals surface area contributed by atoms with Crippen LogP contribution in [0.15, 0.2) is 6.07 Å². The lowest BCUT2D eigenvalue weighted by Gasteiger charge is -2.08. The average molecular weight is 178 g/mol. The second-order valence-corrected chi connectivity index (χ2v) is 3.24. The maximum absolute atomic E-state index is 10.8. The standard InChI is InChI=1S/C10H14N2O/c1-6-5-7(2)10(11-8(6)3)12-9(4)13/h5H,1-4H3,(H,11,12,13). The van der Waals surface area contributed by atoms with Crippen LogP contribution in [0, 0.1) is 20.8 Å². The Morgan fingerprint density at radius 1 is 1.31 bits per heavy atom. The van der Waals surface area contributed by atoms with Crippen molar-refractivity contribution in [2.24, 2.45) is 0 Å². The molecule has 1 rings (SSSR count). The highest BCUT2D eigenvalue weighted by atomic mass is 16.1. The molecule has 0 spiro atoms. The van der Waals surface area contributed by atoms with Crippen molar-refractivity contribution < 1.29 is 4.79 Å². The highest BCUT2D eigenvalue weighted by Gasteiger charge is 2.03. The van der Waals surface area contributed by atoms with Gasteiger partial charge in [0.05, 0.1) is 0 Å². The minimum absolute atomic E-state index is 0.0844. The van der Waals surface area contributed by atoms with E-state index in [2.05, 4.69) is 10.3 Å². The van der Waals surface area contributed by atoms with E-state index in [1.807, 2.05) is 26.8 Å². The van der Waals surface area contributed by atoms with Crippen LogP contribution in [0.3, 0.4) is 0 Å². The number of aromatic nitrogens is 1. The molecule has 1 N–H and O–H groups in total. The predicted octanol–water partition coefficient (Wildman–Crippen LogP) is 1.97. The van der Waals surface area contributed by atoms with Crippen molar-refractivity contribution in [3.63, 3.8) is 0 Å². The van der Waals surface area contributed by atoms with Gasteiger partial charge in [-0.15, -0.1) is 0 Å². The van der Waals surface area contributed by atoms with Gasteiger partial charge in [0.15, 0.2) is 0 Å². The maximum Gasteiger partial charge on any atom is 0.222 e. The van der Waals surface area contributed by atoms with Crippen LogP contribution < -0.4 is 5.32 Å². The summed E-state index contributed by atoms with van der Waals surface area (Å²) in [5, 5.41) is 2.69. The number of pyridine rings is 1. The second kappa shape index (κ2) is 3.56. The van der Waals surface area contributed by atoms with Crippen LogP contribution in [-0.2, 0) is 4.79 Å². The first kappa shape index (κ1) is 9.71. The molecule has 0 aliphatic heterocycles. The smallest absolute Gasteiger partial charge is 0.222 e. The number of amides is 1. The van der Waals surface area contributed by atoms with Gasteiger partial charge in [-0.3, -0.25) is 4.79 Å². The first-order valence-corrected chi connectivity index (χ1v) is 4.23. The van der Waals surface area contributed by atoms with E-state index in [0.717, 1.165) is 16.8 Å². The number of carbonyl (C=O) groups is 1. The summed E-state index contributed by atoms with van der Waals surface area (Å²) in [7, 11) is 0. The Morgan fingerprint density at radius 3 is 2.46 bits per heavy atom. The van der Waals surface area contributed by atoms with E-state index in [4.69, 9.17) is 0 Å². The molecule has 1 aromatic heterocycles. The molecular formula is C10H14N2O. The van der Waals surface area contributed by atoms with Gasteiger partial charge in [-0.2, -0.15) is 0 Å². The van der Waals surface area contributed by atoms with Gasteiger partial charge in [-0.1, -0.05) is 6.07 Å². The van der Waals surface area contributed by atoms with Gasteiger partial charge < -0.3 is 5.32 Å². The van der Waals surface area contributed by atoms with Crippen molar-refractivity contribution in [2.45, 2.75) is 27.7 Å². The van der Waals surface area contributed by atoms with Crippen LogP contribution >= 0.6 is 0 Å². The molecule has 0 saturated carbocycles. The van der Waals surface area contributed by atoms with Crippen LogP contribution in [0.2, 0.25) is 0 Å². The van der Waals surface area contributed by atoms with Crippen molar-refractivity contribution in [2.75, 3.05) is 5.32 Å². The molecule has 0 unspecified atom stereocenters. The van der Waals surface area contributed by atoms with Gasteiger partial charge >= 0.3 is 0 Å². The summed E-state index contributed by atoms with van der Waals surface area (Å²) in [5.74, 6) is 0.578. The Bertz CT molecular complexity index is 345. The molecule has 0 aliphatic rings. The largest absolute Gasteiger partial charge is 0.311 e. The molecule has 0 bridgehead atoms. The van der Waals surface area contributed by atoms with E-state index < -0.39 is 0 Å². The molecule has 0 saturated heterocycles. The molecule has 70 valence electrons. The summed E-state index contributed by atoms with van der Waals surface area (Å²) >= 11 is 0. The van der Waals surface area contributed by atoms with Crippen molar-refractivity contribution in [3.8, 4) is 0 Å². The molecule has 1 heterocycles. The zero-order valence-corrected chi connectivity index (χ0v) is 8.43. The van der Waals surface area contributed by atoms with Gasteiger partial charge in [0.2, 0.25) is 5.91 Å². The topological polar surface area (TPSA) is 42.0 Å². The quantitative estimate of drug-likeness (QED) is 0.714. The molecule has 13 heavy (non-hydrogen) atoms. The van der Waals surface area contributed by atoms with Gasteiger partial charge in [0.25, 0.3) is 0 Å². The normalized spacial score (nSPS) is 9.85. The number of aryl methyl sites for hydroxylation is 3. The summed E-state index contributed by atoms with van der Waals surface area (Å²) in [5.41, 5.74) is 3.10. The SMILES string of the molecule is CC(=O)Nc1nc(C)c(C)cc1C. The van der Waals surface area contributed by atoms with Crippen LogP contribution in [0.25, 0.3) is 0 Å². The minimum atomic E-state index is -0.0844. The Hall–Kier alpha value is -1.38. The highest BCUT2D eigenvalue weighted by Crippen LogP contribution is 2.15. The number of rotatable bonds is 1. The van der Waals surface area contributed by atoms with E-state index in [-0.39, 0.29) is 5.91 Å². The lowest BCUT2D eigenvalue weighted by molar-refractivity contribution is -0.114. The Labute approximate surface area is 78.2 Å². The molecule has 0 aliphatic carbocycles. The molecule has 0 radical (unpaired) electrons. The molecule has 0 aromatic carbocycles. The molecule has 0 fully saturated rings. The van der Waals surface area contributed by atoms with Crippen molar-refractivity contribution in [1.82, 2.24) is 4.98 Å². The molecule has 0 atom stereocenters. The third-order valence-corrected chi connectivity index (χ3v) is 1.95. The van der Waals surface area contributed by atoms with Crippen molar-refractivity contribution in [3.05, 3.63) is 22.9 Å². The molecular weight excluding hydrogens is 164 g/mol. The fraction of sp³-hybridized carbons (Fsp3) is 0.400. The van der Waals surface area contributed by atoms with E-state index in [0.29, 0.717) is 5.82 Å². The zero-order chi connectivity index (χ0) is 10.0. The summed E-state index contributed by atoms with van der Waals surface area (Å²) in [4.78, 5) is 15.1. The first-order valence-electron chi connectivity index (χ1n) is 4.23. The van der Waals surface area contributed by atoms with Crippen LogP contribution in [-0.4, -0.2) is 10.9 Å². The average Bonchev–Trinajstić information content (AvgIpc) is 1.99. The van der Waals surface area contributed by atoms with E-state index in [1.165, 1.54) is 6.92 Å². The van der Waals surface area contributed by atoms with Gasteiger partial charge in [0.1, 0.15) is 5.82 Å². The monoisotopic (exact) mass is 178 g/mol. The predicted molar refractivity (Wildman–Crippen MR) is 52.8 cm³/mol. The van der Waals surface area contributed by atoms with Crippen LogP contribution in [0.1, 0.15) is 23.7 Å². The van der Waals surface area contributed by atoms with E-state index >= 15 is 0 Å². The highest BCUT2D eigenvalue weighted by molar-refractivity contribution is 5.88. The molecule has 1 aromatic rings. The Balaban J connectivity index is 3.08. The minimum Gasteiger partial charge on any atom is -0.311 e. The third-order valence-electron chi connectivity index (χ3n) is 1.95. The zero-order valence-electron chi connectivity index (χ0n) is 8.43. The number of hydrogen-bond donors (Lipinski definition) is 1. The van der Waals surface area contributed by atoms with Crippen molar-refractivity contribution >= 4 is 11.7 Å². The van der Waals surface area contributed by atoms with Crippen LogP contribution in [0.4, 0.5) is 5.82 Å². The fourth-order valence-electron chi connectivity index (χ4n) is 1.13. The molecule has 1 amide bonds. The third kappa shape index (κ3) is 2.28. The number of anilines is 1. The van der Waals surface area contributed by atoms with Crippen molar-refractivity contribution in [1.29, 1.82) is 0 Å². The summed E-state index contributed by atoms with van der Waals surface area (Å²) < 4.78 is 0. The number of carbonyl (C=O) groups excluding carboxylic acids is 1. The second-order valence-electron chi connectivity index (χ2n) is 3.24. The Kier molecular flexibility index (Phi) is 2.66. The lowest BCUT2D eigenvalue weighted by atomic mass is 10.1. The maximum atomic E-state index is 10.8. The lowest BCUT2D eigenvalue weighted by Crippen LogP contribution is -2.09. The summed E-state index contributed by atoms with van der Waals surface area (Å²) in [6, 6.07) is 2.02. The molecule has 3 nitrogen and oxygen atoms in total. The Morgan fingerprint density at radius 2 is 1.92 bits per heavy atom.